The van der Waals surface area contributed by atoms with Crippen LogP contribution in [-0.4, -0.2) is 9.97 Å². The Labute approximate surface area is 102 Å². The second kappa shape index (κ2) is 4.95. The fourth-order valence-electron chi connectivity index (χ4n) is 1.79. The van der Waals surface area contributed by atoms with E-state index in [1.165, 1.54) is 5.56 Å². The molecular formula is C14H17N3. The maximum absolute atomic E-state index is 5.86. The summed E-state index contributed by atoms with van der Waals surface area (Å²) < 4.78 is 0. The highest BCUT2D eigenvalue weighted by atomic mass is 14.9. The maximum atomic E-state index is 5.86. The van der Waals surface area contributed by atoms with Gasteiger partial charge in [-0.15, -0.1) is 0 Å². The Morgan fingerprint density at radius 2 is 2.12 bits per heavy atom. The minimum absolute atomic E-state index is 0.684. The lowest BCUT2D eigenvalue weighted by Gasteiger charge is -2.06. The summed E-state index contributed by atoms with van der Waals surface area (Å²) in [6.07, 6.45) is 3.64. The van der Waals surface area contributed by atoms with Gasteiger partial charge in [0, 0.05) is 5.56 Å². The zero-order valence-corrected chi connectivity index (χ0v) is 10.3. The molecule has 17 heavy (non-hydrogen) atoms. The molecule has 0 amide bonds. The fraction of sp³-hybridized carbons (Fsp3) is 0.286. The van der Waals surface area contributed by atoms with Gasteiger partial charge >= 0.3 is 0 Å². The molecule has 0 unspecified atom stereocenters. The zero-order chi connectivity index (χ0) is 12.3. The molecule has 0 aliphatic rings. The molecule has 3 nitrogen and oxygen atoms in total. The van der Waals surface area contributed by atoms with Crippen LogP contribution in [-0.2, 0) is 6.42 Å². The summed E-state index contributed by atoms with van der Waals surface area (Å²) in [5.74, 6) is 0.756. The number of hydrogen-bond donors (Lipinski definition) is 1. The van der Waals surface area contributed by atoms with Crippen molar-refractivity contribution >= 4 is 5.69 Å². The molecule has 0 saturated heterocycles. The van der Waals surface area contributed by atoms with Gasteiger partial charge in [-0.2, -0.15) is 0 Å². The molecule has 0 radical (unpaired) electrons. The van der Waals surface area contributed by atoms with Crippen LogP contribution >= 0.6 is 0 Å². The number of anilines is 1. The largest absolute Gasteiger partial charge is 0.396 e. The highest BCUT2D eigenvalue weighted by Gasteiger charge is 2.05. The van der Waals surface area contributed by atoms with E-state index in [2.05, 4.69) is 35.9 Å². The van der Waals surface area contributed by atoms with Crippen molar-refractivity contribution < 1.29 is 0 Å². The quantitative estimate of drug-likeness (QED) is 0.877. The number of aromatic nitrogens is 2. The SMILES string of the molecule is CCCc1nc(-c2cccc(C)c2)ncc1N. The van der Waals surface area contributed by atoms with Crippen LogP contribution in [0.5, 0.6) is 0 Å². The lowest BCUT2D eigenvalue weighted by atomic mass is 10.1. The first-order valence-corrected chi connectivity index (χ1v) is 5.89. The van der Waals surface area contributed by atoms with E-state index in [1.54, 1.807) is 6.20 Å². The van der Waals surface area contributed by atoms with E-state index in [0.717, 1.165) is 29.9 Å². The summed E-state index contributed by atoms with van der Waals surface area (Å²) in [6.45, 7) is 4.18. The van der Waals surface area contributed by atoms with Gasteiger partial charge in [-0.3, -0.25) is 0 Å². The second-order valence-electron chi connectivity index (χ2n) is 4.22. The summed E-state index contributed by atoms with van der Waals surface area (Å²) in [6, 6.07) is 8.19. The molecule has 0 aliphatic carbocycles. The minimum Gasteiger partial charge on any atom is -0.396 e. The van der Waals surface area contributed by atoms with Gasteiger partial charge < -0.3 is 5.73 Å². The number of nitrogens with zero attached hydrogens (tertiary/aromatic N) is 2. The van der Waals surface area contributed by atoms with Crippen molar-refractivity contribution in [3.8, 4) is 11.4 Å². The molecule has 0 aliphatic heterocycles. The Balaban J connectivity index is 2.42. The minimum atomic E-state index is 0.684. The number of benzene rings is 1. The average Bonchev–Trinajstić information content (AvgIpc) is 2.32. The number of hydrogen-bond acceptors (Lipinski definition) is 3. The van der Waals surface area contributed by atoms with Crippen LogP contribution in [0.3, 0.4) is 0 Å². The van der Waals surface area contributed by atoms with Gasteiger partial charge in [-0.1, -0.05) is 37.1 Å². The Morgan fingerprint density at radius 3 is 2.82 bits per heavy atom. The molecule has 0 spiro atoms. The summed E-state index contributed by atoms with van der Waals surface area (Å²) in [7, 11) is 0. The van der Waals surface area contributed by atoms with Crippen LogP contribution in [0.25, 0.3) is 11.4 Å². The predicted molar refractivity (Wildman–Crippen MR) is 70.6 cm³/mol. The average molecular weight is 227 g/mol. The van der Waals surface area contributed by atoms with Gasteiger partial charge in [-0.05, 0) is 19.4 Å². The molecule has 0 atom stereocenters. The third-order valence-corrected chi connectivity index (χ3v) is 2.66. The van der Waals surface area contributed by atoms with Crippen LogP contribution in [0.4, 0.5) is 5.69 Å². The molecule has 2 rings (SSSR count). The molecule has 1 aromatic heterocycles. The monoisotopic (exact) mass is 227 g/mol. The molecule has 0 saturated carbocycles. The van der Waals surface area contributed by atoms with Crippen molar-refractivity contribution in [3.05, 3.63) is 41.7 Å². The molecular weight excluding hydrogens is 210 g/mol. The molecule has 3 heteroatoms. The topological polar surface area (TPSA) is 51.8 Å². The zero-order valence-electron chi connectivity index (χ0n) is 10.3. The molecule has 0 bridgehead atoms. The van der Waals surface area contributed by atoms with Gasteiger partial charge in [0.1, 0.15) is 0 Å². The summed E-state index contributed by atoms with van der Waals surface area (Å²) in [4.78, 5) is 8.83. The van der Waals surface area contributed by atoms with E-state index in [9.17, 15) is 0 Å². The van der Waals surface area contributed by atoms with Crippen molar-refractivity contribution in [3.63, 3.8) is 0 Å². The molecule has 0 fully saturated rings. The van der Waals surface area contributed by atoms with Gasteiger partial charge in [0.2, 0.25) is 0 Å². The van der Waals surface area contributed by atoms with E-state index in [4.69, 9.17) is 5.73 Å². The first-order chi connectivity index (χ1) is 8.20. The number of aryl methyl sites for hydroxylation is 2. The Morgan fingerprint density at radius 1 is 1.29 bits per heavy atom. The summed E-state index contributed by atoms with van der Waals surface area (Å²) in [5.41, 5.74) is 9.74. The van der Waals surface area contributed by atoms with Crippen molar-refractivity contribution in [2.75, 3.05) is 5.73 Å². The third kappa shape index (κ3) is 2.61. The molecule has 1 heterocycles. The Kier molecular flexibility index (Phi) is 3.38. The first kappa shape index (κ1) is 11.6. The standard InChI is InChI=1S/C14H17N3/c1-3-5-13-12(15)9-16-14(17-13)11-7-4-6-10(2)8-11/h4,6-9H,3,5,15H2,1-2H3. The Hall–Kier alpha value is -1.90. The van der Waals surface area contributed by atoms with E-state index in [-0.39, 0.29) is 0 Å². The predicted octanol–water partition coefficient (Wildman–Crippen LogP) is 2.99. The summed E-state index contributed by atoms with van der Waals surface area (Å²) in [5, 5.41) is 0. The molecule has 1 aromatic carbocycles. The van der Waals surface area contributed by atoms with Gasteiger partial charge in [0.15, 0.2) is 5.82 Å². The lowest BCUT2D eigenvalue weighted by molar-refractivity contribution is 0.879. The Bertz CT molecular complexity index is 521. The number of nitrogen functional groups attached to an aromatic ring is 1. The number of nitrogens with two attached hydrogens (primary N) is 1. The third-order valence-electron chi connectivity index (χ3n) is 2.66. The van der Waals surface area contributed by atoms with Crippen LogP contribution in [0.15, 0.2) is 30.5 Å². The lowest BCUT2D eigenvalue weighted by Crippen LogP contribution is -2.01. The van der Waals surface area contributed by atoms with Gasteiger partial charge in [0.25, 0.3) is 0 Å². The van der Waals surface area contributed by atoms with Gasteiger partial charge in [-0.25, -0.2) is 9.97 Å². The summed E-state index contributed by atoms with van der Waals surface area (Å²) >= 11 is 0. The van der Waals surface area contributed by atoms with Crippen molar-refractivity contribution in [2.45, 2.75) is 26.7 Å². The van der Waals surface area contributed by atoms with E-state index >= 15 is 0 Å². The van der Waals surface area contributed by atoms with E-state index < -0.39 is 0 Å². The van der Waals surface area contributed by atoms with Crippen LogP contribution in [0.1, 0.15) is 24.6 Å². The normalized spacial score (nSPS) is 10.5. The smallest absolute Gasteiger partial charge is 0.159 e. The van der Waals surface area contributed by atoms with Crippen LogP contribution < -0.4 is 5.73 Å². The van der Waals surface area contributed by atoms with Crippen molar-refractivity contribution in [1.82, 2.24) is 9.97 Å². The molecule has 2 N–H and O–H groups in total. The highest BCUT2D eigenvalue weighted by molar-refractivity contribution is 5.58. The van der Waals surface area contributed by atoms with Gasteiger partial charge in [0.05, 0.1) is 17.6 Å². The molecule has 2 aromatic rings. The van der Waals surface area contributed by atoms with Crippen LogP contribution in [0.2, 0.25) is 0 Å². The second-order valence-corrected chi connectivity index (χ2v) is 4.22. The fourth-order valence-corrected chi connectivity index (χ4v) is 1.79. The van der Waals surface area contributed by atoms with Crippen molar-refractivity contribution in [1.29, 1.82) is 0 Å². The van der Waals surface area contributed by atoms with Crippen molar-refractivity contribution in [2.24, 2.45) is 0 Å². The van der Waals surface area contributed by atoms with E-state index in [0.29, 0.717) is 5.69 Å². The van der Waals surface area contributed by atoms with E-state index in [1.807, 2.05) is 12.1 Å². The maximum Gasteiger partial charge on any atom is 0.159 e. The number of rotatable bonds is 3. The highest BCUT2D eigenvalue weighted by Crippen LogP contribution is 2.19. The molecule has 88 valence electrons. The van der Waals surface area contributed by atoms with Crippen LogP contribution in [0, 0.1) is 6.92 Å². The first-order valence-electron chi connectivity index (χ1n) is 5.89.